The second kappa shape index (κ2) is 7.99. The maximum atomic E-state index is 12.4. The third kappa shape index (κ3) is 4.26. The van der Waals surface area contributed by atoms with Gasteiger partial charge in [0.2, 0.25) is 0 Å². The van der Waals surface area contributed by atoms with Gasteiger partial charge in [-0.05, 0) is 53.9 Å². The van der Waals surface area contributed by atoms with Crippen molar-refractivity contribution in [3.8, 4) is 28.1 Å². The van der Waals surface area contributed by atoms with Crippen LogP contribution in [0.2, 0.25) is 0 Å². The molecule has 0 saturated heterocycles. The number of fused-ring (bicyclic) bond motifs is 1. The molecule has 0 amide bonds. The summed E-state index contributed by atoms with van der Waals surface area (Å²) in [5, 5.41) is 5.48. The first-order valence-electron chi connectivity index (χ1n) is 9.52. The van der Waals surface area contributed by atoms with Gasteiger partial charge in [-0.25, -0.2) is 0 Å². The molecule has 0 unspecified atom stereocenters. The van der Waals surface area contributed by atoms with Crippen molar-refractivity contribution in [2.75, 3.05) is 0 Å². The summed E-state index contributed by atoms with van der Waals surface area (Å²) in [6, 6.07) is 16.9. The van der Waals surface area contributed by atoms with Crippen LogP contribution in [0.4, 0.5) is 8.78 Å². The van der Waals surface area contributed by atoms with Crippen molar-refractivity contribution in [2.45, 2.75) is 26.4 Å². The Labute approximate surface area is 167 Å². The summed E-state index contributed by atoms with van der Waals surface area (Å²) >= 11 is 0. The fourth-order valence-electron chi connectivity index (χ4n) is 3.42. The summed E-state index contributed by atoms with van der Waals surface area (Å²) in [5.41, 5.74) is 5.75. The van der Waals surface area contributed by atoms with Gasteiger partial charge < -0.3 is 4.74 Å². The van der Waals surface area contributed by atoms with E-state index >= 15 is 0 Å². The van der Waals surface area contributed by atoms with Crippen LogP contribution in [-0.2, 0) is 13.5 Å². The average molecular weight is 393 g/mol. The highest BCUT2D eigenvalue weighted by molar-refractivity contribution is 5.84. The van der Waals surface area contributed by atoms with Gasteiger partial charge in [0.05, 0.1) is 11.2 Å². The van der Waals surface area contributed by atoms with E-state index in [-0.39, 0.29) is 5.75 Å². The molecule has 29 heavy (non-hydrogen) atoms. The largest absolute Gasteiger partial charge is 0.435 e. The molecular weight excluding hydrogens is 372 g/mol. The Morgan fingerprint density at radius 2 is 1.72 bits per heavy atom. The zero-order valence-corrected chi connectivity index (χ0v) is 16.3. The van der Waals surface area contributed by atoms with E-state index in [2.05, 4.69) is 28.9 Å². The average Bonchev–Trinajstić information content (AvgIpc) is 3.07. The summed E-state index contributed by atoms with van der Waals surface area (Å²) in [6.07, 6.45) is 3.83. The van der Waals surface area contributed by atoms with Gasteiger partial charge in [-0.15, -0.1) is 0 Å². The van der Waals surface area contributed by atoms with E-state index in [0.717, 1.165) is 51.8 Å². The van der Waals surface area contributed by atoms with Crippen molar-refractivity contribution < 1.29 is 13.5 Å². The van der Waals surface area contributed by atoms with E-state index in [1.54, 1.807) is 28.9 Å². The van der Waals surface area contributed by atoms with E-state index in [4.69, 9.17) is 4.98 Å². The molecule has 0 fully saturated rings. The molecule has 0 aliphatic heterocycles. The quantitative estimate of drug-likeness (QED) is 0.412. The normalized spacial score (nSPS) is 11.3. The van der Waals surface area contributed by atoms with Crippen LogP contribution in [0.25, 0.3) is 33.3 Å². The third-order valence-corrected chi connectivity index (χ3v) is 4.71. The summed E-state index contributed by atoms with van der Waals surface area (Å²) < 4.78 is 31.0. The van der Waals surface area contributed by atoms with Gasteiger partial charge in [0.1, 0.15) is 5.75 Å². The lowest BCUT2D eigenvalue weighted by atomic mass is 10.0. The van der Waals surface area contributed by atoms with Gasteiger partial charge in [-0.2, -0.15) is 13.9 Å². The van der Waals surface area contributed by atoms with Crippen molar-refractivity contribution in [1.29, 1.82) is 0 Å². The van der Waals surface area contributed by atoms with Crippen LogP contribution in [0.15, 0.2) is 60.8 Å². The fourth-order valence-corrected chi connectivity index (χ4v) is 3.42. The molecule has 4 rings (SSSR count). The summed E-state index contributed by atoms with van der Waals surface area (Å²) in [4.78, 5) is 4.84. The molecule has 0 aliphatic rings. The van der Waals surface area contributed by atoms with Gasteiger partial charge in [0.15, 0.2) is 0 Å². The number of halogens is 2. The van der Waals surface area contributed by atoms with E-state index < -0.39 is 6.61 Å². The molecule has 2 aromatic heterocycles. The van der Waals surface area contributed by atoms with Crippen LogP contribution in [0.3, 0.4) is 0 Å². The van der Waals surface area contributed by atoms with Crippen LogP contribution >= 0.6 is 0 Å². The number of pyridine rings is 1. The number of hydrogen-bond acceptors (Lipinski definition) is 3. The topological polar surface area (TPSA) is 39.9 Å². The Bertz CT molecular complexity index is 1140. The minimum Gasteiger partial charge on any atom is -0.435 e. The van der Waals surface area contributed by atoms with E-state index in [0.29, 0.717) is 0 Å². The lowest BCUT2D eigenvalue weighted by molar-refractivity contribution is -0.0498. The van der Waals surface area contributed by atoms with Gasteiger partial charge in [-0.1, -0.05) is 31.5 Å². The van der Waals surface area contributed by atoms with Crippen LogP contribution < -0.4 is 4.74 Å². The van der Waals surface area contributed by atoms with Crippen molar-refractivity contribution in [1.82, 2.24) is 14.8 Å². The molecule has 0 spiro atoms. The highest BCUT2D eigenvalue weighted by Crippen LogP contribution is 2.29. The van der Waals surface area contributed by atoms with Crippen LogP contribution in [0.5, 0.6) is 5.75 Å². The molecule has 0 radical (unpaired) electrons. The highest BCUT2D eigenvalue weighted by Gasteiger charge is 2.10. The maximum Gasteiger partial charge on any atom is 0.387 e. The number of aromatic nitrogens is 3. The molecular formula is C23H21F2N3O. The Hall–Kier alpha value is -3.28. The van der Waals surface area contributed by atoms with Crippen molar-refractivity contribution >= 4 is 10.9 Å². The third-order valence-electron chi connectivity index (χ3n) is 4.71. The Balaban J connectivity index is 1.75. The van der Waals surface area contributed by atoms with E-state index in [1.165, 1.54) is 0 Å². The molecule has 4 aromatic rings. The van der Waals surface area contributed by atoms with Gasteiger partial charge >= 0.3 is 6.61 Å². The second-order valence-corrected chi connectivity index (χ2v) is 6.96. The molecule has 0 atom stereocenters. The number of rotatable bonds is 6. The molecule has 0 saturated carbocycles. The van der Waals surface area contributed by atoms with Gasteiger partial charge in [0.25, 0.3) is 0 Å². The number of benzene rings is 2. The zero-order chi connectivity index (χ0) is 20.4. The van der Waals surface area contributed by atoms with E-state index in [9.17, 15) is 8.78 Å². The summed E-state index contributed by atoms with van der Waals surface area (Å²) in [7, 11) is 1.90. The predicted molar refractivity (Wildman–Crippen MR) is 110 cm³/mol. The van der Waals surface area contributed by atoms with Crippen LogP contribution in [-0.4, -0.2) is 21.4 Å². The van der Waals surface area contributed by atoms with Crippen molar-refractivity contribution in [3.05, 3.63) is 66.5 Å². The minimum absolute atomic E-state index is 0.147. The Kier molecular flexibility index (Phi) is 5.25. The first-order chi connectivity index (χ1) is 14.0. The fraction of sp³-hybridized carbons (Fsp3) is 0.217. The molecule has 4 nitrogen and oxygen atoms in total. The first-order valence-corrected chi connectivity index (χ1v) is 9.52. The molecule has 148 valence electrons. The summed E-state index contributed by atoms with van der Waals surface area (Å²) in [5.74, 6) is 0.147. The number of aryl methyl sites for hydroxylation is 2. The number of ether oxygens (including phenoxy) is 1. The van der Waals surface area contributed by atoms with Crippen molar-refractivity contribution in [3.63, 3.8) is 0 Å². The number of hydrogen-bond donors (Lipinski definition) is 0. The second-order valence-electron chi connectivity index (χ2n) is 6.96. The lowest BCUT2D eigenvalue weighted by Crippen LogP contribution is -2.01. The van der Waals surface area contributed by atoms with Crippen LogP contribution in [0.1, 0.15) is 19.0 Å². The molecule has 0 N–H and O–H groups in total. The Morgan fingerprint density at radius 3 is 2.45 bits per heavy atom. The van der Waals surface area contributed by atoms with Gasteiger partial charge in [0, 0.05) is 29.9 Å². The lowest BCUT2D eigenvalue weighted by Gasteiger charge is -2.10. The molecule has 2 heterocycles. The highest BCUT2D eigenvalue weighted by atomic mass is 19.3. The Morgan fingerprint density at radius 1 is 0.966 bits per heavy atom. The smallest absolute Gasteiger partial charge is 0.387 e. The summed E-state index contributed by atoms with van der Waals surface area (Å²) in [6.45, 7) is -0.710. The number of alkyl halides is 2. The van der Waals surface area contributed by atoms with E-state index in [1.807, 2.05) is 31.4 Å². The molecule has 0 bridgehead atoms. The predicted octanol–water partition coefficient (Wildman–Crippen LogP) is 5.86. The molecule has 6 heteroatoms. The standard InChI is InChI=1S/C23H21F2N3O/c1-3-4-19-12-17(15-5-8-20(9-6-15)29-23(24)25)13-22(26-19)16-7-10-21-18(11-16)14-28(2)27-21/h5-14,23H,3-4H2,1-2H3. The first kappa shape index (κ1) is 19.1. The SMILES string of the molecule is CCCc1cc(-c2ccc(OC(F)F)cc2)cc(-c2ccc3nn(C)cc3c2)n1. The maximum absolute atomic E-state index is 12.4. The van der Waals surface area contributed by atoms with Crippen molar-refractivity contribution in [2.24, 2.45) is 7.05 Å². The molecule has 0 aliphatic carbocycles. The minimum atomic E-state index is -2.83. The molecule has 2 aromatic carbocycles. The zero-order valence-electron chi connectivity index (χ0n) is 16.3. The van der Waals surface area contributed by atoms with Gasteiger partial charge in [-0.3, -0.25) is 9.67 Å². The monoisotopic (exact) mass is 393 g/mol. The number of nitrogens with zero attached hydrogens (tertiary/aromatic N) is 3. The van der Waals surface area contributed by atoms with Crippen LogP contribution in [0, 0.1) is 0 Å².